The van der Waals surface area contributed by atoms with Crippen LogP contribution in [-0.4, -0.2) is 35.9 Å². The SMILES string of the molecule is C=CCN1C(=O)C(=c2sc3n(c2=O)C(c2ccc(SC)cc2)C(C(=O)OCC(C)C)=C(C)N=3)c2ccccc21. The molecule has 0 fully saturated rings. The number of carbonyl (C=O) groups excluding carboxylic acids is 2. The zero-order valence-corrected chi connectivity index (χ0v) is 23.9. The summed E-state index contributed by atoms with van der Waals surface area (Å²) in [5.41, 5.74) is 3.00. The number of anilines is 1. The fourth-order valence-corrected chi connectivity index (χ4v) is 6.41. The number of hydrogen-bond acceptors (Lipinski definition) is 7. The Balaban J connectivity index is 1.76. The van der Waals surface area contributed by atoms with E-state index in [1.807, 2.05) is 68.6 Å². The van der Waals surface area contributed by atoms with Gasteiger partial charge in [0.1, 0.15) is 4.53 Å². The minimum atomic E-state index is -0.734. The Morgan fingerprint density at radius 3 is 2.56 bits per heavy atom. The van der Waals surface area contributed by atoms with Crippen LogP contribution in [0.2, 0.25) is 0 Å². The quantitative estimate of drug-likeness (QED) is 0.248. The molecule has 2 aromatic carbocycles. The van der Waals surface area contributed by atoms with Crippen LogP contribution in [0.4, 0.5) is 5.69 Å². The number of carbonyl (C=O) groups is 2. The number of ether oxygens (including phenoxy) is 1. The standard InChI is InChI=1S/C30H29N3O4S2/c1-6-15-32-22-10-8-7-9-21(22)24(27(32)34)26-28(35)33-25(19-11-13-20(38-5)14-12-19)23(18(4)31-30(33)39-26)29(36)37-16-17(2)3/h6-14,17,25H,1,15-16H2,2-5H3. The van der Waals surface area contributed by atoms with Crippen LogP contribution in [0.15, 0.2) is 87.1 Å². The van der Waals surface area contributed by atoms with Crippen molar-refractivity contribution in [3.8, 4) is 0 Å². The highest BCUT2D eigenvalue weighted by Crippen LogP contribution is 2.35. The number of amides is 1. The predicted octanol–water partition coefficient (Wildman–Crippen LogP) is 4.06. The van der Waals surface area contributed by atoms with Gasteiger partial charge in [-0.15, -0.1) is 18.3 Å². The summed E-state index contributed by atoms with van der Waals surface area (Å²) in [6.45, 7) is 10.1. The lowest BCUT2D eigenvalue weighted by Gasteiger charge is -2.25. The molecule has 1 aromatic heterocycles. The molecule has 39 heavy (non-hydrogen) atoms. The van der Waals surface area contributed by atoms with Gasteiger partial charge in [-0.05, 0) is 42.9 Å². The van der Waals surface area contributed by atoms with Gasteiger partial charge in [0.15, 0.2) is 4.80 Å². The Morgan fingerprint density at radius 1 is 1.18 bits per heavy atom. The van der Waals surface area contributed by atoms with Crippen LogP contribution in [0.1, 0.15) is 37.9 Å². The molecule has 3 heterocycles. The van der Waals surface area contributed by atoms with E-state index >= 15 is 0 Å². The molecule has 200 valence electrons. The number of fused-ring (bicyclic) bond motifs is 2. The molecule has 0 saturated carbocycles. The van der Waals surface area contributed by atoms with Crippen molar-refractivity contribution in [2.24, 2.45) is 10.9 Å². The van der Waals surface area contributed by atoms with Gasteiger partial charge >= 0.3 is 5.97 Å². The third-order valence-corrected chi connectivity index (χ3v) is 8.46. The number of nitrogens with zero attached hydrogens (tertiary/aromatic N) is 3. The van der Waals surface area contributed by atoms with Crippen molar-refractivity contribution < 1.29 is 14.3 Å². The Morgan fingerprint density at radius 2 is 1.90 bits per heavy atom. The number of thiazole rings is 1. The monoisotopic (exact) mass is 559 g/mol. The van der Waals surface area contributed by atoms with E-state index < -0.39 is 12.0 Å². The molecule has 1 amide bonds. The maximum absolute atomic E-state index is 14.2. The summed E-state index contributed by atoms with van der Waals surface area (Å²) in [6.07, 6.45) is 3.65. The average molecular weight is 560 g/mol. The molecule has 1 atom stereocenters. The molecule has 0 radical (unpaired) electrons. The number of esters is 1. The van der Waals surface area contributed by atoms with Gasteiger partial charge in [0, 0.05) is 17.0 Å². The van der Waals surface area contributed by atoms with Crippen molar-refractivity contribution in [1.29, 1.82) is 0 Å². The maximum atomic E-state index is 14.2. The Hall–Kier alpha value is -3.69. The molecule has 2 aliphatic rings. The fourth-order valence-electron chi connectivity index (χ4n) is 4.86. The molecule has 2 aliphatic heterocycles. The second-order valence-electron chi connectivity index (χ2n) is 9.76. The van der Waals surface area contributed by atoms with Gasteiger partial charge < -0.3 is 9.64 Å². The highest BCUT2D eigenvalue weighted by molar-refractivity contribution is 7.98. The summed E-state index contributed by atoms with van der Waals surface area (Å²) in [7, 11) is 0. The van der Waals surface area contributed by atoms with Gasteiger partial charge in [0.05, 0.1) is 35.2 Å². The van der Waals surface area contributed by atoms with Crippen molar-refractivity contribution in [2.45, 2.75) is 31.7 Å². The smallest absolute Gasteiger partial charge is 0.338 e. The topological polar surface area (TPSA) is 81.0 Å². The Bertz CT molecular complexity index is 1700. The number of rotatable bonds is 7. The third kappa shape index (κ3) is 4.70. The van der Waals surface area contributed by atoms with Crippen molar-refractivity contribution in [3.05, 3.63) is 103 Å². The van der Waals surface area contributed by atoms with Crippen LogP contribution in [-0.2, 0) is 14.3 Å². The predicted molar refractivity (Wildman–Crippen MR) is 156 cm³/mol. The van der Waals surface area contributed by atoms with Gasteiger partial charge in [-0.25, -0.2) is 9.79 Å². The number of thioether (sulfide) groups is 1. The van der Waals surface area contributed by atoms with Crippen LogP contribution in [0.3, 0.4) is 0 Å². The number of hydrogen-bond donors (Lipinski definition) is 0. The van der Waals surface area contributed by atoms with Gasteiger partial charge in [-0.1, -0.05) is 61.6 Å². The van der Waals surface area contributed by atoms with Gasteiger partial charge in [0.25, 0.3) is 11.5 Å². The molecule has 1 unspecified atom stereocenters. The van der Waals surface area contributed by atoms with Crippen molar-refractivity contribution in [1.82, 2.24) is 4.57 Å². The fraction of sp³-hybridized carbons (Fsp3) is 0.267. The van der Waals surface area contributed by atoms with Gasteiger partial charge in [-0.2, -0.15) is 0 Å². The van der Waals surface area contributed by atoms with Crippen LogP contribution in [0.5, 0.6) is 0 Å². The molecule has 0 saturated heterocycles. The minimum Gasteiger partial charge on any atom is -0.462 e. The van der Waals surface area contributed by atoms with Crippen LogP contribution >= 0.6 is 23.1 Å². The van der Waals surface area contributed by atoms with E-state index in [9.17, 15) is 14.4 Å². The second kappa shape index (κ2) is 10.8. The van der Waals surface area contributed by atoms with E-state index in [0.717, 1.165) is 16.1 Å². The normalized spacial score (nSPS) is 17.7. The van der Waals surface area contributed by atoms with Crippen molar-refractivity contribution >= 4 is 46.2 Å². The highest BCUT2D eigenvalue weighted by atomic mass is 32.2. The Kier molecular flexibility index (Phi) is 7.46. The summed E-state index contributed by atoms with van der Waals surface area (Å²) in [5, 5.41) is 0. The number of allylic oxidation sites excluding steroid dienone is 1. The maximum Gasteiger partial charge on any atom is 0.338 e. The van der Waals surface area contributed by atoms with Crippen LogP contribution < -0.4 is 19.8 Å². The number of benzene rings is 2. The molecule has 0 spiro atoms. The zero-order valence-electron chi connectivity index (χ0n) is 22.3. The molecule has 0 bridgehead atoms. The second-order valence-corrected chi connectivity index (χ2v) is 11.6. The molecular weight excluding hydrogens is 530 g/mol. The van der Waals surface area contributed by atoms with Crippen molar-refractivity contribution in [2.75, 3.05) is 24.3 Å². The average Bonchev–Trinajstić information content (AvgIpc) is 3.39. The van der Waals surface area contributed by atoms with E-state index in [1.165, 1.54) is 15.9 Å². The van der Waals surface area contributed by atoms with E-state index in [2.05, 4.69) is 11.6 Å². The number of aromatic nitrogens is 1. The molecule has 5 rings (SSSR count). The largest absolute Gasteiger partial charge is 0.462 e. The first-order valence-electron chi connectivity index (χ1n) is 12.6. The first-order chi connectivity index (χ1) is 18.8. The first kappa shape index (κ1) is 26.9. The molecule has 3 aromatic rings. The molecule has 0 aliphatic carbocycles. The summed E-state index contributed by atoms with van der Waals surface area (Å²) in [4.78, 5) is 49.0. The van der Waals surface area contributed by atoms with E-state index in [1.54, 1.807) is 29.7 Å². The van der Waals surface area contributed by atoms with E-state index in [-0.39, 0.29) is 24.0 Å². The zero-order chi connectivity index (χ0) is 27.8. The van der Waals surface area contributed by atoms with Crippen LogP contribution in [0.25, 0.3) is 5.57 Å². The van der Waals surface area contributed by atoms with Crippen molar-refractivity contribution in [3.63, 3.8) is 0 Å². The summed E-state index contributed by atoms with van der Waals surface area (Å²) in [5.74, 6) is -0.597. The van der Waals surface area contributed by atoms with E-state index in [4.69, 9.17) is 4.74 Å². The van der Waals surface area contributed by atoms with Gasteiger partial charge in [0.2, 0.25) is 0 Å². The summed E-state index contributed by atoms with van der Waals surface area (Å²) < 4.78 is 7.46. The third-order valence-electron chi connectivity index (χ3n) is 6.66. The first-order valence-corrected chi connectivity index (χ1v) is 14.7. The van der Waals surface area contributed by atoms with Crippen LogP contribution in [0, 0.1) is 5.92 Å². The highest BCUT2D eigenvalue weighted by Gasteiger charge is 2.37. The Labute approximate surface area is 234 Å². The van der Waals surface area contributed by atoms with Gasteiger partial charge in [-0.3, -0.25) is 14.2 Å². The lowest BCUT2D eigenvalue weighted by molar-refractivity contribution is -0.140. The molecule has 9 heteroatoms. The summed E-state index contributed by atoms with van der Waals surface area (Å²) >= 11 is 2.78. The minimum absolute atomic E-state index is 0.157. The molecule has 0 N–H and O–H groups in total. The molecule has 7 nitrogen and oxygen atoms in total. The summed E-state index contributed by atoms with van der Waals surface area (Å²) in [6, 6.07) is 14.5. The lowest BCUT2D eigenvalue weighted by Crippen LogP contribution is -2.41. The lowest BCUT2D eigenvalue weighted by atomic mass is 9.96. The molecular formula is C30H29N3O4S2. The van der Waals surface area contributed by atoms with E-state index in [0.29, 0.717) is 38.3 Å². The number of para-hydroxylation sites is 1.